The summed E-state index contributed by atoms with van der Waals surface area (Å²) in [6.45, 7) is -0.166. The number of hydroxylamine groups is 1. The molecule has 10 nitrogen and oxygen atoms in total. The summed E-state index contributed by atoms with van der Waals surface area (Å²) in [6.07, 6.45) is 2.51. The van der Waals surface area contributed by atoms with Crippen molar-refractivity contribution in [2.45, 2.75) is 25.6 Å². The van der Waals surface area contributed by atoms with Crippen LogP contribution in [0, 0.1) is 0 Å². The molecular formula is C10H12N4O6. The summed E-state index contributed by atoms with van der Waals surface area (Å²) >= 11 is 0. The highest BCUT2D eigenvalue weighted by atomic mass is 16.5. The third-order valence-corrected chi connectivity index (χ3v) is 2.94. The van der Waals surface area contributed by atoms with Crippen LogP contribution in [0.15, 0.2) is 21.7 Å². The normalized spacial score (nSPS) is 16.8. The number of nitrogens with zero attached hydrogens (tertiary/aromatic N) is 3. The number of nitrogens with one attached hydrogen (secondary N) is 1. The molecule has 1 amide bonds. The van der Waals surface area contributed by atoms with Crippen molar-refractivity contribution in [1.29, 1.82) is 0 Å². The number of aliphatic carboxylic acids is 1. The van der Waals surface area contributed by atoms with Crippen LogP contribution in [0.4, 0.5) is 0 Å². The van der Waals surface area contributed by atoms with Crippen molar-refractivity contribution in [1.82, 2.24) is 19.4 Å². The minimum atomic E-state index is -1.26. The van der Waals surface area contributed by atoms with Gasteiger partial charge >= 0.3 is 17.3 Å². The Hall–Kier alpha value is -2.62. The van der Waals surface area contributed by atoms with Crippen molar-refractivity contribution in [2.24, 2.45) is 0 Å². The largest absolute Gasteiger partial charge is 0.479 e. The molecule has 0 fully saturated rings. The van der Waals surface area contributed by atoms with Gasteiger partial charge in [0.15, 0.2) is 6.04 Å². The Morgan fingerprint density at radius 2 is 2.05 bits per heavy atom. The molecule has 1 atom stereocenters. The van der Waals surface area contributed by atoms with E-state index in [-0.39, 0.29) is 19.5 Å². The first-order valence-electron chi connectivity index (χ1n) is 5.72. The van der Waals surface area contributed by atoms with E-state index < -0.39 is 29.3 Å². The lowest BCUT2D eigenvalue weighted by atomic mass is 10.2. The summed E-state index contributed by atoms with van der Waals surface area (Å²) in [5.41, 5.74) is -0.119. The molecule has 20 heavy (non-hydrogen) atoms. The quantitative estimate of drug-likeness (QED) is 0.329. The smallest absolute Gasteiger partial charge is 0.348 e. The van der Waals surface area contributed by atoms with Gasteiger partial charge in [-0.25, -0.2) is 33.8 Å². The highest BCUT2D eigenvalue weighted by Crippen LogP contribution is 2.09. The summed E-state index contributed by atoms with van der Waals surface area (Å²) in [6, 6.07) is -1.25. The van der Waals surface area contributed by atoms with E-state index in [0.29, 0.717) is 0 Å². The minimum Gasteiger partial charge on any atom is -0.479 e. The Labute approximate surface area is 111 Å². The summed E-state index contributed by atoms with van der Waals surface area (Å²) < 4.78 is 2.59. The highest BCUT2D eigenvalue weighted by molar-refractivity contribution is 5.74. The number of carboxylic acid groups (broad SMARTS) is 1. The number of carbonyl (C=O) groups is 2. The van der Waals surface area contributed by atoms with E-state index in [1.807, 2.05) is 0 Å². The molecule has 2 heterocycles. The number of allylic oxidation sites excluding steroid dienone is 1. The fourth-order valence-electron chi connectivity index (χ4n) is 1.99. The topological polar surface area (TPSA) is 136 Å². The molecule has 1 aliphatic rings. The predicted octanol–water partition coefficient (Wildman–Crippen LogP) is -2.10. The summed E-state index contributed by atoms with van der Waals surface area (Å²) in [5.74, 6) is -2.01. The number of hydrogen-bond acceptors (Lipinski definition) is 5. The molecule has 1 aromatic rings. The molecule has 1 aliphatic heterocycles. The zero-order valence-electron chi connectivity index (χ0n) is 10.2. The second-order valence-electron chi connectivity index (χ2n) is 4.14. The summed E-state index contributed by atoms with van der Waals surface area (Å²) in [4.78, 5) is 46.0. The van der Waals surface area contributed by atoms with Crippen molar-refractivity contribution in [2.75, 3.05) is 0 Å². The molecule has 1 unspecified atom stereocenters. The Bertz CT molecular complexity index is 694. The van der Waals surface area contributed by atoms with Crippen molar-refractivity contribution in [3.05, 3.63) is 33.1 Å². The maximum atomic E-state index is 12.1. The minimum absolute atomic E-state index is 0.0804. The zero-order chi connectivity index (χ0) is 14.9. The van der Waals surface area contributed by atoms with Crippen LogP contribution >= 0.6 is 0 Å². The van der Waals surface area contributed by atoms with Gasteiger partial charge in [0.05, 0.1) is 6.54 Å². The van der Waals surface area contributed by atoms with E-state index in [0.717, 1.165) is 13.9 Å². The fraction of sp³-hybridized carbons (Fsp3) is 0.400. The number of rotatable bonds is 4. The third-order valence-electron chi connectivity index (χ3n) is 2.94. The van der Waals surface area contributed by atoms with E-state index in [9.17, 15) is 19.2 Å². The maximum Gasteiger partial charge on any atom is 0.348 e. The zero-order valence-corrected chi connectivity index (χ0v) is 10.2. The number of carbonyl (C=O) groups excluding carboxylic acids is 1. The molecule has 3 N–H and O–H groups in total. The number of fused-ring (bicyclic) bond motifs is 1. The SMILES string of the molecule is O=C(CCn1c(=O)n2n(c1=O)C(C(=O)O)C=CC2)NO. The standard InChI is InChI=1S/C10H12N4O6/c15-7(11-20)3-5-12-9(18)13-4-1-2-6(8(16)17)14(13)10(12)19/h1-2,6,20H,3-5H2,(H,11,15)(H,16,17). The summed E-state index contributed by atoms with van der Waals surface area (Å²) in [7, 11) is 0. The highest BCUT2D eigenvalue weighted by Gasteiger charge is 2.27. The van der Waals surface area contributed by atoms with Gasteiger partial charge in [-0.2, -0.15) is 0 Å². The summed E-state index contributed by atoms with van der Waals surface area (Å²) in [5, 5.41) is 17.4. The van der Waals surface area contributed by atoms with E-state index in [1.54, 1.807) is 0 Å². The molecule has 2 rings (SSSR count). The van der Waals surface area contributed by atoms with Crippen LogP contribution in [-0.4, -0.2) is 36.1 Å². The van der Waals surface area contributed by atoms with Gasteiger partial charge in [-0.3, -0.25) is 10.0 Å². The first-order chi connectivity index (χ1) is 9.47. The third kappa shape index (κ3) is 2.16. The predicted molar refractivity (Wildman–Crippen MR) is 63.3 cm³/mol. The molecule has 10 heteroatoms. The maximum absolute atomic E-state index is 12.1. The Kier molecular flexibility index (Phi) is 3.57. The van der Waals surface area contributed by atoms with E-state index in [4.69, 9.17) is 10.3 Å². The Morgan fingerprint density at radius 1 is 1.35 bits per heavy atom. The van der Waals surface area contributed by atoms with E-state index in [1.165, 1.54) is 17.6 Å². The van der Waals surface area contributed by atoms with Gasteiger partial charge in [0.1, 0.15) is 0 Å². The molecule has 0 saturated heterocycles. The van der Waals surface area contributed by atoms with Crippen molar-refractivity contribution in [3.63, 3.8) is 0 Å². The second-order valence-corrected chi connectivity index (χ2v) is 4.14. The lowest BCUT2D eigenvalue weighted by Crippen LogP contribution is -2.36. The molecule has 0 radical (unpaired) electrons. The second kappa shape index (κ2) is 5.17. The average molecular weight is 284 g/mol. The van der Waals surface area contributed by atoms with Gasteiger partial charge in [-0.15, -0.1) is 0 Å². The lowest BCUT2D eigenvalue weighted by Gasteiger charge is -2.16. The van der Waals surface area contributed by atoms with Gasteiger partial charge in [-0.05, 0) is 0 Å². The van der Waals surface area contributed by atoms with Crippen LogP contribution in [0.1, 0.15) is 12.5 Å². The van der Waals surface area contributed by atoms with E-state index >= 15 is 0 Å². The molecule has 1 aromatic heterocycles. The Balaban J connectivity index is 2.43. The van der Waals surface area contributed by atoms with Gasteiger partial charge in [0.2, 0.25) is 5.91 Å². The number of aromatic nitrogens is 3. The first kappa shape index (κ1) is 13.8. The molecule has 0 aliphatic carbocycles. The van der Waals surface area contributed by atoms with Crippen molar-refractivity contribution in [3.8, 4) is 0 Å². The van der Waals surface area contributed by atoms with Crippen molar-refractivity contribution < 1.29 is 19.9 Å². The van der Waals surface area contributed by atoms with Crippen LogP contribution < -0.4 is 16.9 Å². The molecule has 108 valence electrons. The van der Waals surface area contributed by atoms with Crippen molar-refractivity contribution >= 4 is 11.9 Å². The molecular weight excluding hydrogens is 272 g/mol. The fourth-order valence-corrected chi connectivity index (χ4v) is 1.99. The average Bonchev–Trinajstić information content (AvgIpc) is 2.68. The number of hydrogen-bond donors (Lipinski definition) is 3. The number of amides is 1. The van der Waals surface area contributed by atoms with Crippen LogP contribution in [0.25, 0.3) is 0 Å². The van der Waals surface area contributed by atoms with Gasteiger partial charge in [-0.1, -0.05) is 12.2 Å². The monoisotopic (exact) mass is 284 g/mol. The van der Waals surface area contributed by atoms with E-state index in [2.05, 4.69) is 0 Å². The van der Waals surface area contributed by atoms with Crippen LogP contribution in [0.3, 0.4) is 0 Å². The molecule has 0 bridgehead atoms. The number of carboxylic acids is 1. The molecule has 0 saturated carbocycles. The van der Waals surface area contributed by atoms with Gasteiger partial charge in [0.25, 0.3) is 0 Å². The Morgan fingerprint density at radius 3 is 2.65 bits per heavy atom. The first-order valence-corrected chi connectivity index (χ1v) is 5.72. The molecule has 0 aromatic carbocycles. The van der Waals surface area contributed by atoms with Crippen LogP contribution in [-0.2, 0) is 22.7 Å². The van der Waals surface area contributed by atoms with Crippen LogP contribution in [0.2, 0.25) is 0 Å². The van der Waals surface area contributed by atoms with Gasteiger partial charge < -0.3 is 5.11 Å². The molecule has 0 spiro atoms. The van der Waals surface area contributed by atoms with Gasteiger partial charge in [0, 0.05) is 13.0 Å². The van der Waals surface area contributed by atoms with Crippen LogP contribution in [0.5, 0.6) is 0 Å². The lowest BCUT2D eigenvalue weighted by molar-refractivity contribution is -0.140.